The van der Waals surface area contributed by atoms with Gasteiger partial charge < -0.3 is 14.8 Å². The number of aryl methyl sites for hydroxylation is 1. The number of fused-ring (bicyclic) bond motifs is 1. The highest BCUT2D eigenvalue weighted by atomic mass is 19.4. The molecule has 3 heterocycles. The average Bonchev–Trinajstić information content (AvgIpc) is 3.31. The lowest BCUT2D eigenvalue weighted by molar-refractivity contribution is -0.137. The number of aromatic nitrogens is 4. The average molecular weight is 418 g/mol. The number of imidazole rings is 1. The Morgan fingerprint density at radius 3 is 2.50 bits per heavy atom. The first-order valence-corrected chi connectivity index (χ1v) is 9.01. The van der Waals surface area contributed by atoms with Crippen molar-refractivity contribution in [3.8, 4) is 0 Å². The predicted molar refractivity (Wildman–Crippen MR) is 101 cm³/mol. The Balaban J connectivity index is 1.64. The Bertz CT molecular complexity index is 1120. The number of halogens is 3. The van der Waals surface area contributed by atoms with Gasteiger partial charge in [0.25, 0.3) is 11.8 Å². The van der Waals surface area contributed by atoms with Crippen molar-refractivity contribution in [2.75, 3.05) is 16.8 Å². The molecule has 8 nitrogen and oxygen atoms in total. The molecular formula is C19H17F3N6O2. The minimum absolute atomic E-state index is 0.157. The van der Waals surface area contributed by atoms with Crippen molar-refractivity contribution in [3.63, 3.8) is 0 Å². The van der Waals surface area contributed by atoms with E-state index in [2.05, 4.69) is 15.4 Å². The first kappa shape index (κ1) is 19.7. The van der Waals surface area contributed by atoms with Gasteiger partial charge in [0.2, 0.25) is 0 Å². The zero-order valence-corrected chi connectivity index (χ0v) is 16.0. The Labute approximate surface area is 168 Å². The fourth-order valence-corrected chi connectivity index (χ4v) is 3.37. The smallest absolute Gasteiger partial charge is 0.330 e. The van der Waals surface area contributed by atoms with Crippen LogP contribution in [-0.4, -0.2) is 37.7 Å². The molecule has 1 aromatic carbocycles. The zero-order valence-electron chi connectivity index (χ0n) is 16.0. The van der Waals surface area contributed by atoms with E-state index in [4.69, 9.17) is 0 Å². The van der Waals surface area contributed by atoms with E-state index in [-0.39, 0.29) is 24.0 Å². The van der Waals surface area contributed by atoms with E-state index in [0.29, 0.717) is 11.4 Å². The molecule has 3 aromatic rings. The topological polar surface area (TPSA) is 85.1 Å². The van der Waals surface area contributed by atoms with Crippen molar-refractivity contribution >= 4 is 23.2 Å². The fraction of sp³-hybridized carbons (Fsp3) is 0.263. The Morgan fingerprint density at radius 2 is 1.90 bits per heavy atom. The summed E-state index contributed by atoms with van der Waals surface area (Å²) in [5, 5.41) is 6.87. The summed E-state index contributed by atoms with van der Waals surface area (Å²) in [6.45, 7) is 2.06. The summed E-state index contributed by atoms with van der Waals surface area (Å²) in [6, 6.07) is 4.14. The maximum absolute atomic E-state index is 13.1. The molecule has 0 fully saturated rings. The summed E-state index contributed by atoms with van der Waals surface area (Å²) in [4.78, 5) is 30.9. The van der Waals surface area contributed by atoms with Gasteiger partial charge in [-0.15, -0.1) is 0 Å². The lowest BCUT2D eigenvalue weighted by Gasteiger charge is -2.32. The van der Waals surface area contributed by atoms with Crippen LogP contribution in [0.15, 0.2) is 43.0 Å². The van der Waals surface area contributed by atoms with Crippen LogP contribution >= 0.6 is 0 Å². The highest BCUT2D eigenvalue weighted by Crippen LogP contribution is 2.33. The van der Waals surface area contributed by atoms with Gasteiger partial charge in [-0.05, 0) is 31.2 Å². The minimum Gasteiger partial charge on any atom is -0.330 e. The second kappa shape index (κ2) is 7.01. The highest BCUT2D eigenvalue weighted by Gasteiger charge is 2.35. The van der Waals surface area contributed by atoms with E-state index in [1.807, 2.05) is 6.92 Å². The van der Waals surface area contributed by atoms with Crippen LogP contribution < -0.4 is 10.2 Å². The zero-order chi connectivity index (χ0) is 21.6. The van der Waals surface area contributed by atoms with Crippen molar-refractivity contribution < 1.29 is 22.8 Å². The van der Waals surface area contributed by atoms with E-state index in [1.54, 1.807) is 7.05 Å². The monoisotopic (exact) mass is 418 g/mol. The van der Waals surface area contributed by atoms with Crippen LogP contribution in [-0.2, 0) is 13.2 Å². The van der Waals surface area contributed by atoms with Crippen molar-refractivity contribution in [2.24, 2.45) is 7.05 Å². The molecule has 0 unspecified atom stereocenters. The molecule has 0 radical (unpaired) electrons. The summed E-state index contributed by atoms with van der Waals surface area (Å²) < 4.78 is 41.5. The fourth-order valence-electron chi connectivity index (χ4n) is 3.37. The van der Waals surface area contributed by atoms with Gasteiger partial charge in [0.15, 0.2) is 5.69 Å². The first-order valence-electron chi connectivity index (χ1n) is 9.01. The summed E-state index contributed by atoms with van der Waals surface area (Å²) >= 11 is 0. The molecule has 11 heteroatoms. The molecule has 1 aliphatic rings. The Morgan fingerprint density at radius 1 is 1.20 bits per heavy atom. The molecule has 1 N–H and O–H groups in total. The van der Waals surface area contributed by atoms with Crippen LogP contribution in [0.5, 0.6) is 0 Å². The van der Waals surface area contributed by atoms with Crippen molar-refractivity contribution in [1.82, 2.24) is 19.3 Å². The first-order chi connectivity index (χ1) is 14.2. The van der Waals surface area contributed by atoms with Crippen LogP contribution in [0.25, 0.3) is 0 Å². The lowest BCUT2D eigenvalue weighted by atomic mass is 10.1. The van der Waals surface area contributed by atoms with Crippen molar-refractivity contribution in [3.05, 3.63) is 59.9 Å². The van der Waals surface area contributed by atoms with E-state index in [0.717, 1.165) is 12.1 Å². The van der Waals surface area contributed by atoms with E-state index < -0.39 is 23.6 Å². The van der Waals surface area contributed by atoms with E-state index >= 15 is 0 Å². The largest absolute Gasteiger partial charge is 0.416 e. The summed E-state index contributed by atoms with van der Waals surface area (Å²) in [5.74, 6) is -0.927. The third kappa shape index (κ3) is 3.31. The standard InChI is InChI=1S/C19H17F3N6O2/c1-11-9-27(13-5-3-12(4-6-13)19(20,21)22)18(30)16-14(7-24-28(11)16)25-17(29)15-8-23-10-26(15)2/h3-8,10-11H,9H2,1-2H3,(H,25,29)/t11-/m0/s1. The van der Waals surface area contributed by atoms with Gasteiger partial charge in [0.05, 0.1) is 36.0 Å². The number of carbonyl (C=O) groups is 2. The maximum atomic E-state index is 13.1. The van der Waals surface area contributed by atoms with Crippen LogP contribution in [0, 0.1) is 0 Å². The predicted octanol–water partition coefficient (Wildman–Crippen LogP) is 3.11. The number of benzene rings is 1. The number of nitrogens with one attached hydrogen (secondary N) is 1. The molecule has 4 rings (SSSR count). The van der Waals surface area contributed by atoms with Gasteiger partial charge in [-0.1, -0.05) is 0 Å². The third-order valence-electron chi connectivity index (χ3n) is 4.91. The van der Waals surface area contributed by atoms with E-state index in [1.165, 1.54) is 45.0 Å². The quantitative estimate of drug-likeness (QED) is 0.708. The molecule has 1 atom stereocenters. The van der Waals surface area contributed by atoms with Gasteiger partial charge in [-0.25, -0.2) is 4.98 Å². The molecule has 0 spiro atoms. The molecule has 0 aliphatic carbocycles. The molecule has 2 aromatic heterocycles. The number of rotatable bonds is 3. The molecular weight excluding hydrogens is 401 g/mol. The maximum Gasteiger partial charge on any atom is 0.416 e. The Hall–Kier alpha value is -3.63. The molecule has 0 bridgehead atoms. The Kier molecular flexibility index (Phi) is 4.60. The van der Waals surface area contributed by atoms with Crippen LogP contribution in [0.4, 0.5) is 24.5 Å². The SMILES string of the molecule is C[C@H]1CN(c2ccc(C(F)(F)F)cc2)C(=O)c2c(NC(=O)c3cncn3C)cnn21. The molecule has 156 valence electrons. The summed E-state index contributed by atoms with van der Waals surface area (Å²) in [7, 11) is 1.66. The van der Waals surface area contributed by atoms with Gasteiger partial charge in [-0.3, -0.25) is 14.3 Å². The lowest BCUT2D eigenvalue weighted by Crippen LogP contribution is -2.43. The normalized spacial score (nSPS) is 16.5. The molecule has 30 heavy (non-hydrogen) atoms. The van der Waals surface area contributed by atoms with Crippen LogP contribution in [0.1, 0.15) is 39.5 Å². The number of nitrogens with zero attached hydrogens (tertiary/aromatic N) is 5. The minimum atomic E-state index is -4.46. The van der Waals surface area contributed by atoms with Gasteiger partial charge in [-0.2, -0.15) is 18.3 Å². The second-order valence-corrected chi connectivity index (χ2v) is 7.00. The van der Waals surface area contributed by atoms with Gasteiger partial charge >= 0.3 is 6.18 Å². The second-order valence-electron chi connectivity index (χ2n) is 7.00. The van der Waals surface area contributed by atoms with Gasteiger partial charge in [0.1, 0.15) is 5.69 Å². The number of hydrogen-bond donors (Lipinski definition) is 1. The number of anilines is 2. The number of carbonyl (C=O) groups excluding carboxylic acids is 2. The van der Waals surface area contributed by atoms with Crippen molar-refractivity contribution in [2.45, 2.75) is 19.1 Å². The third-order valence-corrected chi connectivity index (χ3v) is 4.91. The molecule has 0 saturated heterocycles. The molecule has 1 aliphatic heterocycles. The summed E-state index contributed by atoms with van der Waals surface area (Å²) in [6.07, 6.45) is -0.208. The van der Waals surface area contributed by atoms with Gasteiger partial charge in [0, 0.05) is 19.3 Å². The number of alkyl halides is 3. The van der Waals surface area contributed by atoms with Crippen LogP contribution in [0.2, 0.25) is 0 Å². The summed E-state index contributed by atoms with van der Waals surface area (Å²) in [5.41, 5.74) is 0.207. The number of hydrogen-bond acceptors (Lipinski definition) is 4. The number of amides is 2. The molecule has 2 amide bonds. The van der Waals surface area contributed by atoms with Crippen molar-refractivity contribution in [1.29, 1.82) is 0 Å². The highest BCUT2D eigenvalue weighted by molar-refractivity contribution is 6.12. The van der Waals surface area contributed by atoms with E-state index in [9.17, 15) is 22.8 Å². The molecule has 0 saturated carbocycles. The van der Waals surface area contributed by atoms with Crippen LogP contribution in [0.3, 0.4) is 0 Å².